The van der Waals surface area contributed by atoms with Gasteiger partial charge in [0.15, 0.2) is 0 Å². The van der Waals surface area contributed by atoms with Gasteiger partial charge in [0, 0.05) is 36.9 Å². The van der Waals surface area contributed by atoms with Crippen LogP contribution in [0.25, 0.3) is 0 Å². The summed E-state index contributed by atoms with van der Waals surface area (Å²) >= 11 is 0. The van der Waals surface area contributed by atoms with E-state index in [9.17, 15) is 4.79 Å². The van der Waals surface area contributed by atoms with E-state index in [1.165, 1.54) is 6.92 Å². The van der Waals surface area contributed by atoms with Crippen molar-refractivity contribution < 1.29 is 9.53 Å². The van der Waals surface area contributed by atoms with Gasteiger partial charge in [0.05, 0.1) is 13.2 Å². The van der Waals surface area contributed by atoms with Crippen LogP contribution in [0, 0.1) is 6.92 Å². The molecular weight excluding hydrogens is 266 g/mol. The summed E-state index contributed by atoms with van der Waals surface area (Å²) in [5, 5.41) is 9.79. The number of morpholine rings is 1. The minimum absolute atomic E-state index is 0.0458. The summed E-state index contributed by atoms with van der Waals surface area (Å²) in [6.45, 7) is 8.22. The molecule has 0 aliphatic carbocycles. The van der Waals surface area contributed by atoms with E-state index in [-0.39, 0.29) is 5.91 Å². The summed E-state index contributed by atoms with van der Waals surface area (Å²) < 4.78 is 5.47. The van der Waals surface area contributed by atoms with E-state index in [1.54, 1.807) is 0 Å². The van der Waals surface area contributed by atoms with Crippen molar-refractivity contribution in [3.63, 3.8) is 0 Å². The second-order valence-electron chi connectivity index (χ2n) is 5.72. The lowest BCUT2D eigenvalue weighted by atomic mass is 10.1. The number of hydrogen-bond acceptors (Lipinski definition) is 4. The molecule has 1 aromatic rings. The second kappa shape index (κ2) is 7.43. The molecule has 0 saturated carbocycles. The van der Waals surface area contributed by atoms with E-state index < -0.39 is 0 Å². The number of anilines is 2. The maximum absolute atomic E-state index is 11.1. The van der Waals surface area contributed by atoms with E-state index in [2.05, 4.69) is 28.9 Å². The first kappa shape index (κ1) is 15.8. The highest BCUT2D eigenvalue weighted by Gasteiger charge is 2.16. The maximum atomic E-state index is 11.1. The predicted octanol–water partition coefficient (Wildman–Crippen LogP) is 2.13. The number of carbonyl (C=O) groups is 1. The number of benzene rings is 1. The normalized spacial score (nSPS) is 19.9. The average Bonchev–Trinajstić information content (AvgIpc) is 2.42. The topological polar surface area (TPSA) is 62.4 Å². The number of rotatable bonds is 5. The fourth-order valence-corrected chi connectivity index (χ4v) is 2.62. The van der Waals surface area contributed by atoms with Crippen LogP contribution in [0.1, 0.15) is 25.8 Å². The van der Waals surface area contributed by atoms with Crippen molar-refractivity contribution >= 4 is 17.3 Å². The van der Waals surface area contributed by atoms with Crippen LogP contribution in [-0.4, -0.2) is 37.7 Å². The quantitative estimate of drug-likeness (QED) is 0.778. The standard InChI is InChI=1S/C16H25N3O2/c1-11-8-14(4-5-16(11)19-13(3)20)18-12(2)9-15-10-21-7-6-17-15/h4-5,8,12,15,17-18H,6-7,9-10H2,1-3H3,(H,19,20). The Kier molecular flexibility index (Phi) is 5.59. The molecule has 5 nitrogen and oxygen atoms in total. The summed E-state index contributed by atoms with van der Waals surface area (Å²) in [5.41, 5.74) is 3.00. The molecule has 2 unspecified atom stereocenters. The third kappa shape index (κ3) is 5.02. The van der Waals surface area contributed by atoms with Crippen LogP contribution >= 0.6 is 0 Å². The van der Waals surface area contributed by atoms with E-state index in [4.69, 9.17) is 4.74 Å². The molecule has 1 amide bonds. The first-order chi connectivity index (χ1) is 10.0. The molecule has 1 fully saturated rings. The molecule has 0 bridgehead atoms. The Balaban J connectivity index is 1.89. The van der Waals surface area contributed by atoms with Crippen molar-refractivity contribution in [2.45, 2.75) is 39.3 Å². The van der Waals surface area contributed by atoms with Crippen molar-refractivity contribution in [3.05, 3.63) is 23.8 Å². The number of carbonyl (C=O) groups excluding carboxylic acids is 1. The summed E-state index contributed by atoms with van der Waals surface area (Å²) in [6.07, 6.45) is 1.02. The van der Waals surface area contributed by atoms with Gasteiger partial charge in [0.25, 0.3) is 0 Å². The smallest absolute Gasteiger partial charge is 0.221 e. The average molecular weight is 291 g/mol. The Morgan fingerprint density at radius 3 is 2.95 bits per heavy atom. The predicted molar refractivity (Wildman–Crippen MR) is 85.8 cm³/mol. The number of hydrogen-bond donors (Lipinski definition) is 3. The van der Waals surface area contributed by atoms with Gasteiger partial charge < -0.3 is 20.7 Å². The van der Waals surface area contributed by atoms with Crippen molar-refractivity contribution in [1.82, 2.24) is 5.32 Å². The minimum atomic E-state index is -0.0458. The first-order valence-corrected chi connectivity index (χ1v) is 7.50. The summed E-state index contributed by atoms with van der Waals surface area (Å²) in [6, 6.07) is 6.77. The SMILES string of the molecule is CC(=O)Nc1ccc(NC(C)CC2COCCN2)cc1C. The van der Waals surface area contributed by atoms with Gasteiger partial charge in [-0.15, -0.1) is 0 Å². The molecule has 5 heteroatoms. The Labute approximate surface area is 126 Å². The van der Waals surface area contributed by atoms with Gasteiger partial charge >= 0.3 is 0 Å². The van der Waals surface area contributed by atoms with Crippen molar-refractivity contribution in [1.29, 1.82) is 0 Å². The fourth-order valence-electron chi connectivity index (χ4n) is 2.62. The van der Waals surface area contributed by atoms with E-state index in [0.717, 1.165) is 43.1 Å². The Morgan fingerprint density at radius 1 is 1.52 bits per heavy atom. The van der Waals surface area contributed by atoms with Gasteiger partial charge in [0.2, 0.25) is 5.91 Å². The molecule has 0 spiro atoms. The highest BCUT2D eigenvalue weighted by Crippen LogP contribution is 2.21. The van der Waals surface area contributed by atoms with Gasteiger partial charge in [0.1, 0.15) is 0 Å². The molecule has 2 rings (SSSR count). The van der Waals surface area contributed by atoms with Crippen LogP contribution in [0.15, 0.2) is 18.2 Å². The van der Waals surface area contributed by atoms with E-state index in [0.29, 0.717) is 12.1 Å². The lowest BCUT2D eigenvalue weighted by Crippen LogP contribution is -2.43. The number of ether oxygens (including phenoxy) is 1. The van der Waals surface area contributed by atoms with Crippen LogP contribution in [0.5, 0.6) is 0 Å². The zero-order chi connectivity index (χ0) is 15.2. The van der Waals surface area contributed by atoms with Gasteiger partial charge in [-0.3, -0.25) is 4.79 Å². The Morgan fingerprint density at radius 2 is 2.33 bits per heavy atom. The second-order valence-corrected chi connectivity index (χ2v) is 5.72. The lowest BCUT2D eigenvalue weighted by Gasteiger charge is -2.27. The van der Waals surface area contributed by atoms with Crippen molar-refractivity contribution in [2.75, 3.05) is 30.4 Å². The summed E-state index contributed by atoms with van der Waals surface area (Å²) in [4.78, 5) is 11.1. The molecule has 0 radical (unpaired) electrons. The summed E-state index contributed by atoms with van der Waals surface area (Å²) in [5.74, 6) is -0.0458. The van der Waals surface area contributed by atoms with Crippen LogP contribution in [0.3, 0.4) is 0 Å². The molecule has 21 heavy (non-hydrogen) atoms. The molecule has 3 N–H and O–H groups in total. The highest BCUT2D eigenvalue weighted by molar-refractivity contribution is 5.89. The van der Waals surface area contributed by atoms with Crippen LogP contribution in [-0.2, 0) is 9.53 Å². The third-order valence-electron chi connectivity index (χ3n) is 3.59. The number of nitrogens with one attached hydrogen (secondary N) is 3. The zero-order valence-corrected chi connectivity index (χ0v) is 13.0. The first-order valence-electron chi connectivity index (χ1n) is 7.50. The van der Waals surface area contributed by atoms with Gasteiger partial charge in [-0.25, -0.2) is 0 Å². The molecule has 116 valence electrons. The molecular formula is C16H25N3O2. The van der Waals surface area contributed by atoms with Gasteiger partial charge in [-0.1, -0.05) is 0 Å². The number of amides is 1. The molecule has 1 aliphatic heterocycles. The minimum Gasteiger partial charge on any atom is -0.383 e. The van der Waals surface area contributed by atoms with Gasteiger partial charge in [-0.05, 0) is 44.0 Å². The molecule has 1 aromatic carbocycles. The van der Waals surface area contributed by atoms with Crippen molar-refractivity contribution in [3.8, 4) is 0 Å². The highest BCUT2D eigenvalue weighted by atomic mass is 16.5. The monoisotopic (exact) mass is 291 g/mol. The zero-order valence-electron chi connectivity index (χ0n) is 13.0. The molecule has 1 aliphatic rings. The van der Waals surface area contributed by atoms with E-state index >= 15 is 0 Å². The van der Waals surface area contributed by atoms with Crippen molar-refractivity contribution in [2.24, 2.45) is 0 Å². The Hall–Kier alpha value is -1.59. The molecule has 0 aromatic heterocycles. The Bertz CT molecular complexity index is 484. The van der Waals surface area contributed by atoms with E-state index in [1.807, 2.05) is 19.1 Å². The van der Waals surface area contributed by atoms with Crippen LogP contribution in [0.2, 0.25) is 0 Å². The molecule has 1 heterocycles. The van der Waals surface area contributed by atoms with Crippen LogP contribution < -0.4 is 16.0 Å². The molecule has 2 atom stereocenters. The fraction of sp³-hybridized carbons (Fsp3) is 0.562. The third-order valence-corrected chi connectivity index (χ3v) is 3.59. The van der Waals surface area contributed by atoms with Gasteiger partial charge in [-0.2, -0.15) is 0 Å². The number of aryl methyl sites for hydroxylation is 1. The van der Waals surface area contributed by atoms with Crippen LogP contribution in [0.4, 0.5) is 11.4 Å². The largest absolute Gasteiger partial charge is 0.383 e. The summed E-state index contributed by atoms with van der Waals surface area (Å²) in [7, 11) is 0. The lowest BCUT2D eigenvalue weighted by molar-refractivity contribution is -0.114. The maximum Gasteiger partial charge on any atom is 0.221 e. The molecule has 1 saturated heterocycles.